The summed E-state index contributed by atoms with van der Waals surface area (Å²) in [4.78, 5) is 13.5. The summed E-state index contributed by atoms with van der Waals surface area (Å²) >= 11 is 0. The van der Waals surface area contributed by atoms with Gasteiger partial charge in [0.2, 0.25) is 5.82 Å². The van der Waals surface area contributed by atoms with E-state index >= 15 is 0 Å². The highest BCUT2D eigenvalue weighted by Gasteiger charge is 2.16. The second-order valence-electron chi connectivity index (χ2n) is 6.22. The van der Waals surface area contributed by atoms with E-state index in [1.54, 1.807) is 18.3 Å². The number of pyridine rings is 2. The molecule has 3 aromatic heterocycles. The van der Waals surface area contributed by atoms with Crippen LogP contribution in [0.15, 0.2) is 83.5 Å². The van der Waals surface area contributed by atoms with E-state index in [1.165, 1.54) is 12.1 Å². The highest BCUT2D eigenvalue weighted by atomic mass is 19.1. The van der Waals surface area contributed by atoms with E-state index in [0.29, 0.717) is 23.1 Å². The Morgan fingerprint density at radius 1 is 0.786 bits per heavy atom. The maximum absolute atomic E-state index is 13.3. The van der Waals surface area contributed by atoms with Gasteiger partial charge in [0.15, 0.2) is 0 Å². The lowest BCUT2D eigenvalue weighted by atomic mass is 10.0. The van der Waals surface area contributed by atoms with Crippen molar-refractivity contribution in [3.8, 4) is 34.2 Å². The van der Waals surface area contributed by atoms with Crippen LogP contribution in [0.1, 0.15) is 0 Å². The van der Waals surface area contributed by atoms with Gasteiger partial charge in [0, 0.05) is 17.1 Å². The zero-order valence-corrected chi connectivity index (χ0v) is 14.6. The van der Waals surface area contributed by atoms with Gasteiger partial charge in [0.25, 0.3) is 5.89 Å². The first-order valence-corrected chi connectivity index (χ1v) is 8.69. The fourth-order valence-electron chi connectivity index (χ4n) is 3.05. The second kappa shape index (κ2) is 6.66. The number of hydrogen-bond acceptors (Lipinski definition) is 5. The number of halogens is 1. The van der Waals surface area contributed by atoms with E-state index in [1.807, 2.05) is 48.5 Å². The minimum absolute atomic E-state index is 0.290. The van der Waals surface area contributed by atoms with E-state index in [4.69, 9.17) is 9.51 Å². The lowest BCUT2D eigenvalue weighted by Gasteiger charge is -2.07. The van der Waals surface area contributed by atoms with E-state index in [-0.39, 0.29) is 5.82 Å². The third-order valence-corrected chi connectivity index (χ3v) is 4.41. The van der Waals surface area contributed by atoms with Crippen molar-refractivity contribution in [2.75, 3.05) is 0 Å². The van der Waals surface area contributed by atoms with Crippen LogP contribution in [0, 0.1) is 5.82 Å². The van der Waals surface area contributed by atoms with Gasteiger partial charge in [-0.3, -0.25) is 4.98 Å². The number of fused-ring (bicyclic) bond motifs is 1. The fourth-order valence-corrected chi connectivity index (χ4v) is 3.05. The lowest BCUT2D eigenvalue weighted by Crippen LogP contribution is -1.90. The molecule has 0 radical (unpaired) electrons. The van der Waals surface area contributed by atoms with Crippen LogP contribution >= 0.6 is 0 Å². The normalized spacial score (nSPS) is 11.0. The van der Waals surface area contributed by atoms with Gasteiger partial charge >= 0.3 is 0 Å². The van der Waals surface area contributed by atoms with Crippen LogP contribution < -0.4 is 0 Å². The molecule has 5 rings (SSSR count). The number of hydrogen-bond donors (Lipinski definition) is 0. The Balaban J connectivity index is 1.68. The molecule has 0 saturated carbocycles. The van der Waals surface area contributed by atoms with Gasteiger partial charge in [-0.1, -0.05) is 29.4 Å². The summed E-state index contributed by atoms with van der Waals surface area (Å²) in [5.74, 6) is 0.504. The molecule has 0 amide bonds. The molecule has 0 aliphatic heterocycles. The Morgan fingerprint density at radius 3 is 2.43 bits per heavy atom. The molecule has 0 unspecified atom stereocenters. The summed E-state index contributed by atoms with van der Waals surface area (Å²) in [6.45, 7) is 0. The van der Waals surface area contributed by atoms with Crippen molar-refractivity contribution >= 4 is 10.9 Å². The summed E-state index contributed by atoms with van der Waals surface area (Å²) in [7, 11) is 0. The van der Waals surface area contributed by atoms with Gasteiger partial charge in [-0.15, -0.1) is 0 Å². The minimum atomic E-state index is -0.290. The molecule has 0 aliphatic carbocycles. The fraction of sp³-hybridized carbons (Fsp3) is 0. The van der Waals surface area contributed by atoms with Crippen molar-refractivity contribution in [1.29, 1.82) is 0 Å². The molecule has 0 atom stereocenters. The predicted octanol–water partition coefficient (Wildman–Crippen LogP) is 5.15. The summed E-state index contributed by atoms with van der Waals surface area (Å²) in [5, 5.41) is 4.96. The maximum Gasteiger partial charge on any atom is 0.259 e. The zero-order chi connectivity index (χ0) is 18.9. The van der Waals surface area contributed by atoms with Crippen molar-refractivity contribution in [3.63, 3.8) is 0 Å². The highest BCUT2D eigenvalue weighted by molar-refractivity contribution is 5.94. The number of nitrogens with zero attached hydrogens (tertiary/aromatic N) is 4. The van der Waals surface area contributed by atoms with Crippen molar-refractivity contribution < 1.29 is 8.91 Å². The SMILES string of the molecule is Fc1ccc(-c2cc(-c3nc(-c4ccccn4)no3)c3ccccc3n2)cc1. The van der Waals surface area contributed by atoms with Crippen LogP contribution in [-0.2, 0) is 0 Å². The second-order valence-corrected chi connectivity index (χ2v) is 6.22. The van der Waals surface area contributed by atoms with Gasteiger partial charge < -0.3 is 4.52 Å². The van der Waals surface area contributed by atoms with Gasteiger partial charge in [-0.25, -0.2) is 9.37 Å². The Hall–Kier alpha value is -3.93. The first-order valence-electron chi connectivity index (χ1n) is 8.69. The van der Waals surface area contributed by atoms with E-state index in [2.05, 4.69) is 15.1 Å². The Bertz CT molecular complexity index is 1270. The zero-order valence-electron chi connectivity index (χ0n) is 14.6. The number of rotatable bonds is 3. The molecule has 0 spiro atoms. The molecule has 0 fully saturated rings. The molecule has 5 nitrogen and oxygen atoms in total. The largest absolute Gasteiger partial charge is 0.334 e. The number of para-hydroxylation sites is 1. The molecule has 134 valence electrons. The maximum atomic E-state index is 13.3. The summed E-state index contributed by atoms with van der Waals surface area (Å²) in [6, 6.07) is 21.3. The van der Waals surface area contributed by atoms with Gasteiger partial charge in [-0.2, -0.15) is 4.98 Å². The predicted molar refractivity (Wildman–Crippen MR) is 104 cm³/mol. The minimum Gasteiger partial charge on any atom is -0.334 e. The summed E-state index contributed by atoms with van der Waals surface area (Å²) in [6.07, 6.45) is 1.68. The smallest absolute Gasteiger partial charge is 0.259 e. The number of benzene rings is 2. The molecular weight excluding hydrogens is 355 g/mol. The topological polar surface area (TPSA) is 64.7 Å². The van der Waals surface area contributed by atoms with E-state index < -0.39 is 0 Å². The average molecular weight is 368 g/mol. The van der Waals surface area contributed by atoms with Crippen molar-refractivity contribution in [1.82, 2.24) is 20.1 Å². The third-order valence-electron chi connectivity index (χ3n) is 4.41. The molecule has 0 bridgehead atoms. The van der Waals surface area contributed by atoms with Crippen LogP contribution in [-0.4, -0.2) is 20.1 Å². The van der Waals surface area contributed by atoms with Gasteiger partial charge in [0.1, 0.15) is 11.5 Å². The van der Waals surface area contributed by atoms with Crippen molar-refractivity contribution in [2.24, 2.45) is 0 Å². The first-order chi connectivity index (χ1) is 13.8. The standard InChI is InChI=1S/C22H13FN4O/c23-15-10-8-14(9-11-15)20-13-17(16-5-1-2-6-18(16)25-20)22-26-21(27-28-22)19-7-3-4-12-24-19/h1-13H. The molecule has 0 saturated heterocycles. The van der Waals surface area contributed by atoms with Crippen LogP contribution in [0.3, 0.4) is 0 Å². The van der Waals surface area contributed by atoms with Gasteiger partial charge in [-0.05, 0) is 48.5 Å². The molecule has 0 N–H and O–H groups in total. The Labute approximate surface area is 159 Å². The van der Waals surface area contributed by atoms with E-state index in [9.17, 15) is 4.39 Å². The van der Waals surface area contributed by atoms with Crippen molar-refractivity contribution in [2.45, 2.75) is 0 Å². The monoisotopic (exact) mass is 368 g/mol. The van der Waals surface area contributed by atoms with Crippen LogP contribution in [0.4, 0.5) is 4.39 Å². The molecule has 6 heteroatoms. The lowest BCUT2D eigenvalue weighted by molar-refractivity contribution is 0.432. The molecule has 2 aromatic carbocycles. The molecular formula is C22H13FN4O. The molecule has 5 aromatic rings. The van der Waals surface area contributed by atoms with Crippen molar-refractivity contribution in [3.05, 3.63) is 84.8 Å². The van der Waals surface area contributed by atoms with Crippen LogP contribution in [0.2, 0.25) is 0 Å². The quantitative estimate of drug-likeness (QED) is 0.440. The molecule has 3 heterocycles. The highest BCUT2D eigenvalue weighted by Crippen LogP contribution is 2.32. The van der Waals surface area contributed by atoms with E-state index in [0.717, 1.165) is 22.0 Å². The van der Waals surface area contributed by atoms with Crippen LogP contribution in [0.5, 0.6) is 0 Å². The first kappa shape index (κ1) is 16.3. The van der Waals surface area contributed by atoms with Crippen LogP contribution in [0.25, 0.3) is 45.1 Å². The number of aromatic nitrogens is 4. The summed E-state index contributed by atoms with van der Waals surface area (Å²) < 4.78 is 18.8. The Kier molecular flexibility index (Phi) is 3.87. The third kappa shape index (κ3) is 2.91. The summed E-state index contributed by atoms with van der Waals surface area (Å²) in [5.41, 5.74) is 3.69. The van der Waals surface area contributed by atoms with Gasteiger partial charge in [0.05, 0.1) is 16.8 Å². The Morgan fingerprint density at radius 2 is 1.61 bits per heavy atom. The molecule has 0 aliphatic rings. The molecule has 28 heavy (non-hydrogen) atoms. The average Bonchev–Trinajstić information content (AvgIpc) is 3.24.